The van der Waals surface area contributed by atoms with Crippen LogP contribution in [-0.4, -0.2) is 55.5 Å². The largest absolute Gasteiger partial charge is 0.447 e. The van der Waals surface area contributed by atoms with E-state index in [1.54, 1.807) is 23.1 Å². The van der Waals surface area contributed by atoms with Crippen LogP contribution < -0.4 is 4.90 Å². The van der Waals surface area contributed by atoms with E-state index in [0.29, 0.717) is 31.9 Å². The molecule has 1 amide bonds. The van der Waals surface area contributed by atoms with Gasteiger partial charge in [-0.1, -0.05) is 12.1 Å². The number of hydrogen-bond donors (Lipinski definition) is 1. The summed E-state index contributed by atoms with van der Waals surface area (Å²) in [6.45, 7) is 1.93. The van der Waals surface area contributed by atoms with Gasteiger partial charge in [-0.2, -0.15) is 0 Å². The van der Waals surface area contributed by atoms with Gasteiger partial charge in [0.1, 0.15) is 12.4 Å². The quantitative estimate of drug-likeness (QED) is 0.891. The first-order valence-corrected chi connectivity index (χ1v) is 6.24. The Bertz CT molecular complexity index is 434. The summed E-state index contributed by atoms with van der Waals surface area (Å²) in [4.78, 5) is 15.0. The van der Waals surface area contributed by atoms with E-state index < -0.39 is 6.09 Å². The second-order valence-electron chi connectivity index (χ2n) is 4.26. The highest BCUT2D eigenvalue weighted by molar-refractivity contribution is 5.68. The van der Waals surface area contributed by atoms with Crippen LogP contribution in [0.3, 0.4) is 0 Å². The number of piperazine rings is 1. The highest BCUT2D eigenvalue weighted by atomic mass is 19.1. The third-order valence-electron chi connectivity index (χ3n) is 3.05. The van der Waals surface area contributed by atoms with Crippen LogP contribution in [0.1, 0.15) is 0 Å². The molecule has 1 aliphatic heterocycles. The maximum atomic E-state index is 13.6. The van der Waals surface area contributed by atoms with Gasteiger partial charge in [0.05, 0.1) is 12.3 Å². The molecule has 1 saturated heterocycles. The Morgan fingerprint density at radius 3 is 2.58 bits per heavy atom. The van der Waals surface area contributed by atoms with Crippen molar-refractivity contribution in [2.24, 2.45) is 0 Å². The summed E-state index contributed by atoms with van der Waals surface area (Å²) in [5.41, 5.74) is 0.561. The molecule has 1 heterocycles. The summed E-state index contributed by atoms with van der Waals surface area (Å²) < 4.78 is 18.5. The monoisotopic (exact) mass is 268 g/mol. The van der Waals surface area contributed by atoms with Crippen LogP contribution in [0.15, 0.2) is 24.3 Å². The standard InChI is InChI=1S/C13H17FN2O3/c14-11-3-1-2-4-12(11)15-5-7-16(8-6-15)13(18)19-10-9-17/h1-4,17H,5-10H2. The van der Waals surface area contributed by atoms with Gasteiger partial charge in [-0.3, -0.25) is 0 Å². The normalized spacial score (nSPS) is 15.5. The molecule has 0 saturated carbocycles. The third kappa shape index (κ3) is 3.35. The van der Waals surface area contributed by atoms with Gasteiger partial charge in [0, 0.05) is 26.2 Å². The predicted octanol–water partition coefficient (Wildman–Crippen LogP) is 1.08. The fourth-order valence-corrected chi connectivity index (χ4v) is 2.06. The van der Waals surface area contributed by atoms with E-state index in [-0.39, 0.29) is 19.0 Å². The van der Waals surface area contributed by atoms with Gasteiger partial charge < -0.3 is 19.6 Å². The van der Waals surface area contributed by atoms with E-state index in [1.807, 2.05) is 4.90 Å². The number of ether oxygens (including phenoxy) is 1. The zero-order chi connectivity index (χ0) is 13.7. The molecule has 1 N–H and O–H groups in total. The minimum atomic E-state index is -0.428. The van der Waals surface area contributed by atoms with E-state index in [4.69, 9.17) is 9.84 Å². The van der Waals surface area contributed by atoms with Crippen molar-refractivity contribution >= 4 is 11.8 Å². The van der Waals surface area contributed by atoms with Gasteiger partial charge in [0.2, 0.25) is 0 Å². The molecule has 0 atom stereocenters. The molecule has 0 bridgehead atoms. The SMILES string of the molecule is O=C(OCCO)N1CCN(c2ccccc2F)CC1. The Morgan fingerprint density at radius 1 is 1.26 bits per heavy atom. The first kappa shape index (κ1) is 13.6. The van der Waals surface area contributed by atoms with E-state index >= 15 is 0 Å². The highest BCUT2D eigenvalue weighted by Crippen LogP contribution is 2.20. The van der Waals surface area contributed by atoms with Crippen LogP contribution in [0.4, 0.5) is 14.9 Å². The molecule has 0 aliphatic carbocycles. The van der Waals surface area contributed by atoms with Crippen molar-refractivity contribution in [3.63, 3.8) is 0 Å². The molecule has 0 aromatic heterocycles. The Balaban J connectivity index is 1.89. The van der Waals surface area contributed by atoms with Crippen LogP contribution in [0, 0.1) is 5.82 Å². The van der Waals surface area contributed by atoms with Gasteiger partial charge in [-0.25, -0.2) is 9.18 Å². The van der Waals surface area contributed by atoms with E-state index in [0.717, 1.165) is 0 Å². The molecule has 0 unspecified atom stereocenters. The Kier molecular flexibility index (Phi) is 4.57. The smallest absolute Gasteiger partial charge is 0.409 e. The average Bonchev–Trinajstić information content (AvgIpc) is 2.45. The van der Waals surface area contributed by atoms with Crippen molar-refractivity contribution in [1.82, 2.24) is 4.90 Å². The number of carbonyl (C=O) groups excluding carboxylic acids is 1. The highest BCUT2D eigenvalue weighted by Gasteiger charge is 2.23. The second kappa shape index (κ2) is 6.38. The number of amides is 1. The summed E-state index contributed by atoms with van der Waals surface area (Å²) >= 11 is 0. The molecular weight excluding hydrogens is 251 g/mol. The average molecular weight is 268 g/mol. The molecule has 19 heavy (non-hydrogen) atoms. The number of aliphatic hydroxyl groups is 1. The molecule has 1 aromatic rings. The zero-order valence-electron chi connectivity index (χ0n) is 10.6. The van der Waals surface area contributed by atoms with Gasteiger partial charge in [0.25, 0.3) is 0 Å². The second-order valence-corrected chi connectivity index (χ2v) is 4.26. The van der Waals surface area contributed by atoms with Gasteiger partial charge in [-0.15, -0.1) is 0 Å². The first-order chi connectivity index (χ1) is 9.22. The molecule has 6 heteroatoms. The van der Waals surface area contributed by atoms with E-state index in [1.165, 1.54) is 6.07 Å². The van der Waals surface area contributed by atoms with Crippen LogP contribution in [0.25, 0.3) is 0 Å². The number of halogens is 1. The lowest BCUT2D eigenvalue weighted by atomic mass is 10.2. The molecule has 0 spiro atoms. The van der Waals surface area contributed by atoms with Crippen molar-refractivity contribution in [2.45, 2.75) is 0 Å². The lowest BCUT2D eigenvalue weighted by Crippen LogP contribution is -2.49. The van der Waals surface area contributed by atoms with Crippen LogP contribution in [0.2, 0.25) is 0 Å². The maximum Gasteiger partial charge on any atom is 0.409 e. The Labute approximate surface area is 111 Å². The number of aliphatic hydroxyl groups excluding tert-OH is 1. The number of hydrogen-bond acceptors (Lipinski definition) is 4. The van der Waals surface area contributed by atoms with Crippen molar-refractivity contribution < 1.29 is 19.0 Å². The van der Waals surface area contributed by atoms with Crippen molar-refractivity contribution in [3.8, 4) is 0 Å². The molecule has 5 nitrogen and oxygen atoms in total. The molecular formula is C13H17FN2O3. The summed E-state index contributed by atoms with van der Waals surface area (Å²) in [5.74, 6) is -0.251. The van der Waals surface area contributed by atoms with Crippen molar-refractivity contribution in [2.75, 3.05) is 44.3 Å². The predicted molar refractivity (Wildman–Crippen MR) is 68.6 cm³/mol. The number of benzene rings is 1. The van der Waals surface area contributed by atoms with Crippen LogP contribution in [-0.2, 0) is 4.74 Å². The maximum absolute atomic E-state index is 13.6. The summed E-state index contributed by atoms with van der Waals surface area (Å²) in [7, 11) is 0. The topological polar surface area (TPSA) is 53.0 Å². The summed E-state index contributed by atoms with van der Waals surface area (Å²) in [5, 5.41) is 8.59. The fraction of sp³-hybridized carbons (Fsp3) is 0.462. The van der Waals surface area contributed by atoms with Crippen molar-refractivity contribution in [3.05, 3.63) is 30.1 Å². The molecule has 2 rings (SSSR count). The van der Waals surface area contributed by atoms with Crippen molar-refractivity contribution in [1.29, 1.82) is 0 Å². The minimum Gasteiger partial charge on any atom is -0.447 e. The van der Waals surface area contributed by atoms with Crippen LogP contribution >= 0.6 is 0 Å². The molecule has 1 aliphatic rings. The van der Waals surface area contributed by atoms with Gasteiger partial charge in [0.15, 0.2) is 0 Å². The lowest BCUT2D eigenvalue weighted by Gasteiger charge is -2.35. The molecule has 0 radical (unpaired) electrons. The van der Waals surface area contributed by atoms with Gasteiger partial charge >= 0.3 is 6.09 Å². The lowest BCUT2D eigenvalue weighted by molar-refractivity contribution is 0.0825. The number of anilines is 1. The summed E-state index contributed by atoms with van der Waals surface area (Å²) in [6, 6.07) is 6.61. The van der Waals surface area contributed by atoms with Crippen LogP contribution in [0.5, 0.6) is 0 Å². The van der Waals surface area contributed by atoms with E-state index in [9.17, 15) is 9.18 Å². The zero-order valence-corrected chi connectivity index (χ0v) is 10.6. The summed E-state index contributed by atoms with van der Waals surface area (Å²) in [6.07, 6.45) is -0.428. The number of para-hydroxylation sites is 1. The molecule has 104 valence electrons. The molecule has 1 fully saturated rings. The third-order valence-corrected chi connectivity index (χ3v) is 3.05. The number of rotatable bonds is 3. The van der Waals surface area contributed by atoms with Gasteiger partial charge in [-0.05, 0) is 12.1 Å². The number of nitrogens with zero attached hydrogens (tertiary/aromatic N) is 2. The Morgan fingerprint density at radius 2 is 1.95 bits per heavy atom. The first-order valence-electron chi connectivity index (χ1n) is 6.24. The minimum absolute atomic E-state index is 0.00631. The Hall–Kier alpha value is -1.82. The molecule has 1 aromatic carbocycles. The fourth-order valence-electron chi connectivity index (χ4n) is 2.06. The van der Waals surface area contributed by atoms with E-state index in [2.05, 4.69) is 0 Å². The number of carbonyl (C=O) groups is 1.